The van der Waals surface area contributed by atoms with Gasteiger partial charge in [-0.2, -0.15) is 13.2 Å². The van der Waals surface area contributed by atoms with Gasteiger partial charge in [0.05, 0.1) is 10.6 Å². The Hall–Kier alpha value is -1.09. The highest BCUT2D eigenvalue weighted by molar-refractivity contribution is 9.10. The number of benzene rings is 1. The van der Waals surface area contributed by atoms with E-state index in [1.807, 2.05) is 0 Å². The van der Waals surface area contributed by atoms with Crippen molar-refractivity contribution in [3.63, 3.8) is 0 Å². The molecule has 0 aliphatic rings. The van der Waals surface area contributed by atoms with Crippen molar-refractivity contribution >= 4 is 37.4 Å². The molecule has 1 rings (SSSR count). The van der Waals surface area contributed by atoms with Gasteiger partial charge in [0.2, 0.25) is 0 Å². The average Bonchev–Trinajstić information content (AvgIpc) is 2.17. The molecular weight excluding hydrogens is 339 g/mol. The molecule has 0 saturated carbocycles. The van der Waals surface area contributed by atoms with Crippen molar-refractivity contribution in [1.29, 1.82) is 0 Å². The molecule has 1 amide bonds. The van der Waals surface area contributed by atoms with Crippen LogP contribution in [0.2, 0.25) is 0 Å². The zero-order valence-corrected chi connectivity index (χ0v) is 11.3. The predicted molar refractivity (Wildman–Crippen MR) is 61.9 cm³/mol. The van der Waals surface area contributed by atoms with Gasteiger partial charge in [-0.1, -0.05) is 0 Å². The molecule has 0 saturated heterocycles. The SMILES string of the molecule is CS(=O)(=O)c1ccc(NC(=O)C(F)(F)F)c(Br)c1. The lowest BCUT2D eigenvalue weighted by Gasteiger charge is -2.10. The second kappa shape index (κ2) is 4.88. The summed E-state index contributed by atoms with van der Waals surface area (Å²) in [5.41, 5.74) is -0.162. The number of halogens is 4. The number of alkyl halides is 3. The molecule has 0 aliphatic heterocycles. The van der Waals surface area contributed by atoms with Crippen LogP contribution in [0, 0.1) is 0 Å². The zero-order valence-electron chi connectivity index (χ0n) is 8.88. The topological polar surface area (TPSA) is 63.2 Å². The Morgan fingerprint density at radius 2 is 1.89 bits per heavy atom. The van der Waals surface area contributed by atoms with E-state index >= 15 is 0 Å². The van der Waals surface area contributed by atoms with Crippen LogP contribution in [0.3, 0.4) is 0 Å². The van der Waals surface area contributed by atoms with Crippen molar-refractivity contribution in [2.75, 3.05) is 11.6 Å². The minimum atomic E-state index is -5.01. The van der Waals surface area contributed by atoms with E-state index < -0.39 is 21.9 Å². The number of carbonyl (C=O) groups is 1. The summed E-state index contributed by atoms with van der Waals surface area (Å²) < 4.78 is 58.5. The number of amides is 1. The molecule has 0 atom stereocenters. The molecule has 18 heavy (non-hydrogen) atoms. The molecule has 0 unspecified atom stereocenters. The number of anilines is 1. The summed E-state index contributed by atoms with van der Waals surface area (Å²) >= 11 is 2.89. The summed E-state index contributed by atoms with van der Waals surface area (Å²) in [4.78, 5) is 10.6. The normalized spacial score (nSPS) is 12.3. The first-order chi connectivity index (χ1) is 8.01. The fourth-order valence-corrected chi connectivity index (χ4v) is 2.30. The second-order valence-electron chi connectivity index (χ2n) is 3.37. The molecule has 0 aromatic heterocycles. The van der Waals surface area contributed by atoms with Crippen molar-refractivity contribution in [3.8, 4) is 0 Å². The molecule has 1 N–H and O–H groups in total. The third-order valence-corrected chi connectivity index (χ3v) is 3.64. The van der Waals surface area contributed by atoms with Crippen LogP contribution in [0.1, 0.15) is 0 Å². The minimum absolute atomic E-state index is 0.0445. The molecule has 1 aromatic carbocycles. The lowest BCUT2D eigenvalue weighted by atomic mass is 10.3. The number of carbonyl (C=O) groups excluding carboxylic acids is 1. The monoisotopic (exact) mass is 345 g/mol. The summed E-state index contributed by atoms with van der Waals surface area (Å²) in [6.45, 7) is 0. The van der Waals surface area contributed by atoms with E-state index in [2.05, 4.69) is 15.9 Å². The van der Waals surface area contributed by atoms with Crippen molar-refractivity contribution < 1.29 is 26.4 Å². The van der Waals surface area contributed by atoms with Gasteiger partial charge in [0.1, 0.15) is 0 Å². The van der Waals surface area contributed by atoms with Gasteiger partial charge in [-0.25, -0.2) is 8.42 Å². The summed E-state index contributed by atoms with van der Waals surface area (Å²) in [6, 6.07) is 3.29. The van der Waals surface area contributed by atoms with E-state index in [1.54, 1.807) is 5.32 Å². The number of sulfone groups is 1. The molecule has 4 nitrogen and oxygen atoms in total. The molecular formula is C9H7BrF3NO3S. The van der Waals surface area contributed by atoms with Crippen molar-refractivity contribution in [1.82, 2.24) is 0 Å². The highest BCUT2D eigenvalue weighted by atomic mass is 79.9. The van der Waals surface area contributed by atoms with E-state index in [0.29, 0.717) is 0 Å². The minimum Gasteiger partial charge on any atom is -0.317 e. The molecule has 0 spiro atoms. The highest BCUT2D eigenvalue weighted by Gasteiger charge is 2.38. The fraction of sp³-hybridized carbons (Fsp3) is 0.222. The molecule has 0 bridgehead atoms. The lowest BCUT2D eigenvalue weighted by Crippen LogP contribution is -2.30. The Morgan fingerprint density at radius 1 is 1.33 bits per heavy atom. The molecule has 100 valence electrons. The van der Waals surface area contributed by atoms with Gasteiger partial charge >= 0.3 is 12.1 Å². The number of rotatable bonds is 2. The lowest BCUT2D eigenvalue weighted by molar-refractivity contribution is -0.167. The first-order valence-corrected chi connectivity index (χ1v) is 7.08. The number of nitrogens with one attached hydrogen (secondary N) is 1. The van der Waals surface area contributed by atoms with Crippen LogP contribution < -0.4 is 5.32 Å². The first-order valence-electron chi connectivity index (χ1n) is 4.39. The molecule has 0 heterocycles. The Balaban J connectivity index is 3.05. The van der Waals surface area contributed by atoms with Gasteiger partial charge in [-0.3, -0.25) is 4.79 Å². The second-order valence-corrected chi connectivity index (χ2v) is 6.24. The molecule has 0 radical (unpaired) electrons. The molecule has 9 heteroatoms. The van der Waals surface area contributed by atoms with Crippen LogP contribution in [-0.4, -0.2) is 26.8 Å². The van der Waals surface area contributed by atoms with Crippen molar-refractivity contribution in [2.24, 2.45) is 0 Å². The number of hydrogen-bond acceptors (Lipinski definition) is 3. The maximum atomic E-state index is 12.0. The van der Waals surface area contributed by atoms with Gasteiger partial charge in [0.25, 0.3) is 0 Å². The van der Waals surface area contributed by atoms with E-state index in [9.17, 15) is 26.4 Å². The van der Waals surface area contributed by atoms with Crippen molar-refractivity contribution in [2.45, 2.75) is 11.1 Å². The highest BCUT2D eigenvalue weighted by Crippen LogP contribution is 2.27. The van der Waals surface area contributed by atoms with Gasteiger partial charge in [-0.15, -0.1) is 0 Å². The third-order valence-electron chi connectivity index (χ3n) is 1.87. The Labute approximate surface area is 109 Å². The maximum absolute atomic E-state index is 12.0. The van der Waals surface area contributed by atoms with E-state index in [4.69, 9.17) is 0 Å². The largest absolute Gasteiger partial charge is 0.471 e. The van der Waals surface area contributed by atoms with Crippen LogP contribution in [0.15, 0.2) is 27.6 Å². The smallest absolute Gasteiger partial charge is 0.317 e. The van der Waals surface area contributed by atoms with E-state index in [1.165, 1.54) is 0 Å². The molecule has 0 fully saturated rings. The standard InChI is InChI=1S/C9H7BrF3NO3S/c1-18(16,17)5-2-3-7(6(10)4-5)14-8(15)9(11,12)13/h2-4H,1H3,(H,14,15). The molecule has 0 aliphatic carbocycles. The maximum Gasteiger partial charge on any atom is 0.471 e. The van der Waals surface area contributed by atoms with Gasteiger partial charge < -0.3 is 5.32 Å². The Kier molecular flexibility index (Phi) is 4.06. The summed E-state index contributed by atoms with van der Waals surface area (Å²) in [6.07, 6.45) is -4.04. The molecule has 1 aromatic rings. The van der Waals surface area contributed by atoms with Crippen LogP contribution >= 0.6 is 15.9 Å². The third kappa shape index (κ3) is 3.70. The number of hydrogen-bond donors (Lipinski definition) is 1. The fourth-order valence-electron chi connectivity index (χ4n) is 1.02. The zero-order chi connectivity index (χ0) is 14.1. The Morgan fingerprint density at radius 3 is 2.28 bits per heavy atom. The van der Waals surface area contributed by atoms with Crippen LogP contribution in [-0.2, 0) is 14.6 Å². The van der Waals surface area contributed by atoms with Crippen LogP contribution in [0.25, 0.3) is 0 Å². The Bertz CT molecular complexity index is 583. The van der Waals surface area contributed by atoms with E-state index in [-0.39, 0.29) is 15.1 Å². The van der Waals surface area contributed by atoms with Crippen LogP contribution in [0.4, 0.5) is 18.9 Å². The first kappa shape index (κ1) is 15.0. The predicted octanol–water partition coefficient (Wildman–Crippen LogP) is 2.35. The summed E-state index contributed by atoms with van der Waals surface area (Å²) in [5.74, 6) is -2.13. The average molecular weight is 346 g/mol. The van der Waals surface area contributed by atoms with Gasteiger partial charge in [0.15, 0.2) is 9.84 Å². The quantitative estimate of drug-likeness (QED) is 0.894. The van der Waals surface area contributed by atoms with Crippen molar-refractivity contribution in [3.05, 3.63) is 22.7 Å². The van der Waals surface area contributed by atoms with E-state index in [0.717, 1.165) is 24.5 Å². The van der Waals surface area contributed by atoms with Gasteiger partial charge in [0, 0.05) is 10.7 Å². The summed E-state index contributed by atoms with van der Waals surface area (Å²) in [7, 11) is -3.46. The van der Waals surface area contributed by atoms with Crippen LogP contribution in [0.5, 0.6) is 0 Å². The van der Waals surface area contributed by atoms with Gasteiger partial charge in [-0.05, 0) is 34.1 Å². The summed E-state index contributed by atoms with van der Waals surface area (Å²) in [5, 5.41) is 1.62.